The van der Waals surface area contributed by atoms with Crippen molar-refractivity contribution in [2.75, 3.05) is 6.54 Å². The Hall–Kier alpha value is -1.81. The van der Waals surface area contributed by atoms with E-state index < -0.39 is 0 Å². The second kappa shape index (κ2) is 7.59. The molecule has 0 spiro atoms. The van der Waals surface area contributed by atoms with Crippen LogP contribution in [0.15, 0.2) is 43.1 Å². The summed E-state index contributed by atoms with van der Waals surface area (Å²) in [6, 6.07) is 4.39. The third kappa shape index (κ3) is 4.41. The predicted octanol–water partition coefficient (Wildman–Crippen LogP) is 2.55. The quantitative estimate of drug-likeness (QED) is 0.827. The molecule has 0 radical (unpaired) electrons. The van der Waals surface area contributed by atoms with E-state index in [1.165, 1.54) is 5.56 Å². The summed E-state index contributed by atoms with van der Waals surface area (Å²) < 4.78 is 0. The summed E-state index contributed by atoms with van der Waals surface area (Å²) >= 11 is 0. The van der Waals surface area contributed by atoms with Crippen molar-refractivity contribution < 1.29 is 0 Å². The fourth-order valence-corrected chi connectivity index (χ4v) is 2.02. The van der Waals surface area contributed by atoms with Crippen LogP contribution in [0.4, 0.5) is 0 Å². The summed E-state index contributed by atoms with van der Waals surface area (Å²) in [5.74, 6) is 0. The molecular weight excluding hydrogens is 236 g/mol. The Morgan fingerprint density at radius 3 is 2.63 bits per heavy atom. The average Bonchev–Trinajstić information content (AvgIpc) is 2.49. The topological polar surface area (TPSA) is 50.7 Å². The number of hydrogen-bond donors (Lipinski definition) is 1. The van der Waals surface area contributed by atoms with Gasteiger partial charge in [-0.3, -0.25) is 15.0 Å². The monoisotopic (exact) mass is 256 g/mol. The summed E-state index contributed by atoms with van der Waals surface area (Å²) in [5, 5.41) is 3.54. The van der Waals surface area contributed by atoms with E-state index in [2.05, 4.69) is 39.3 Å². The van der Waals surface area contributed by atoms with Gasteiger partial charge in [0.25, 0.3) is 0 Å². The van der Waals surface area contributed by atoms with Gasteiger partial charge in [-0.25, -0.2) is 0 Å². The Morgan fingerprint density at radius 1 is 1.11 bits per heavy atom. The van der Waals surface area contributed by atoms with Crippen LogP contribution in [0.5, 0.6) is 0 Å². The largest absolute Gasteiger partial charge is 0.309 e. The minimum atomic E-state index is 0.266. The number of nitrogens with zero attached hydrogens (tertiary/aromatic N) is 3. The molecule has 100 valence electrons. The Balaban J connectivity index is 1.98. The van der Waals surface area contributed by atoms with E-state index in [0.717, 1.165) is 31.5 Å². The van der Waals surface area contributed by atoms with E-state index in [9.17, 15) is 0 Å². The van der Waals surface area contributed by atoms with Crippen LogP contribution in [0.3, 0.4) is 0 Å². The normalized spacial score (nSPS) is 12.3. The van der Waals surface area contributed by atoms with Crippen molar-refractivity contribution in [1.29, 1.82) is 0 Å². The molecule has 0 aromatic carbocycles. The Morgan fingerprint density at radius 2 is 1.95 bits per heavy atom. The summed E-state index contributed by atoms with van der Waals surface area (Å²) in [5.41, 5.74) is 2.33. The van der Waals surface area contributed by atoms with E-state index in [0.29, 0.717) is 0 Å². The van der Waals surface area contributed by atoms with E-state index in [4.69, 9.17) is 0 Å². The highest BCUT2D eigenvalue weighted by Crippen LogP contribution is 2.16. The van der Waals surface area contributed by atoms with Crippen molar-refractivity contribution >= 4 is 0 Å². The number of rotatable bonds is 7. The molecule has 1 unspecified atom stereocenters. The highest BCUT2D eigenvalue weighted by atomic mass is 14.9. The van der Waals surface area contributed by atoms with Gasteiger partial charge in [-0.05, 0) is 43.5 Å². The molecule has 1 atom stereocenters. The number of aromatic nitrogens is 3. The lowest BCUT2D eigenvalue weighted by Gasteiger charge is -2.17. The minimum Gasteiger partial charge on any atom is -0.309 e. The van der Waals surface area contributed by atoms with Crippen molar-refractivity contribution in [1.82, 2.24) is 20.3 Å². The van der Waals surface area contributed by atoms with Gasteiger partial charge >= 0.3 is 0 Å². The van der Waals surface area contributed by atoms with Crippen LogP contribution in [-0.2, 0) is 6.42 Å². The van der Waals surface area contributed by atoms with Gasteiger partial charge in [-0.15, -0.1) is 0 Å². The molecule has 2 heterocycles. The minimum absolute atomic E-state index is 0.266. The van der Waals surface area contributed by atoms with Gasteiger partial charge in [0.1, 0.15) is 0 Å². The summed E-state index contributed by atoms with van der Waals surface area (Å²) in [7, 11) is 0. The van der Waals surface area contributed by atoms with Crippen molar-refractivity contribution in [3.63, 3.8) is 0 Å². The van der Waals surface area contributed by atoms with Crippen LogP contribution in [0.25, 0.3) is 0 Å². The molecule has 0 saturated carbocycles. The first-order valence-corrected chi connectivity index (χ1v) is 6.78. The van der Waals surface area contributed by atoms with Crippen LogP contribution in [0.2, 0.25) is 0 Å². The molecule has 2 aromatic rings. The molecule has 0 bridgehead atoms. The number of nitrogens with one attached hydrogen (secondary N) is 1. The molecule has 0 aliphatic carbocycles. The molecule has 2 rings (SSSR count). The second-order valence-corrected chi connectivity index (χ2v) is 4.53. The number of aryl methyl sites for hydroxylation is 1. The van der Waals surface area contributed by atoms with Crippen molar-refractivity contribution in [2.45, 2.75) is 32.2 Å². The second-order valence-electron chi connectivity index (χ2n) is 4.53. The number of hydrogen-bond acceptors (Lipinski definition) is 4. The standard InChI is InChI=1S/C15H20N4/c1-2-7-18-14(15-12-17-10-11-19-15)4-3-13-5-8-16-9-6-13/h5-6,8-12,14,18H,2-4,7H2,1H3. The van der Waals surface area contributed by atoms with Gasteiger partial charge in [0.05, 0.1) is 11.7 Å². The van der Waals surface area contributed by atoms with Crippen LogP contribution in [0.1, 0.15) is 37.1 Å². The van der Waals surface area contributed by atoms with Gasteiger partial charge in [0.2, 0.25) is 0 Å². The Labute approximate surface area is 114 Å². The third-order valence-corrected chi connectivity index (χ3v) is 3.05. The average molecular weight is 256 g/mol. The van der Waals surface area contributed by atoms with E-state index in [1.54, 1.807) is 12.4 Å². The summed E-state index contributed by atoms with van der Waals surface area (Å²) in [4.78, 5) is 12.6. The van der Waals surface area contributed by atoms with Crippen LogP contribution >= 0.6 is 0 Å². The SMILES string of the molecule is CCCNC(CCc1ccncc1)c1cnccn1. The van der Waals surface area contributed by atoms with Gasteiger partial charge in [-0.1, -0.05) is 6.92 Å². The first-order chi connectivity index (χ1) is 9.40. The molecule has 0 aliphatic heterocycles. The highest BCUT2D eigenvalue weighted by molar-refractivity contribution is 5.11. The Bertz CT molecular complexity index is 458. The lowest BCUT2D eigenvalue weighted by Crippen LogP contribution is -2.23. The predicted molar refractivity (Wildman–Crippen MR) is 75.6 cm³/mol. The molecule has 2 aromatic heterocycles. The Kier molecular flexibility index (Phi) is 5.44. The first-order valence-electron chi connectivity index (χ1n) is 6.78. The lowest BCUT2D eigenvalue weighted by molar-refractivity contribution is 0.487. The van der Waals surface area contributed by atoms with E-state index in [1.807, 2.05) is 18.6 Å². The summed E-state index contributed by atoms with van der Waals surface area (Å²) in [6.45, 7) is 3.17. The molecular formula is C15H20N4. The maximum atomic E-state index is 4.41. The molecule has 1 N–H and O–H groups in total. The van der Waals surface area contributed by atoms with Crippen LogP contribution in [-0.4, -0.2) is 21.5 Å². The molecule has 4 nitrogen and oxygen atoms in total. The molecule has 4 heteroatoms. The van der Waals surface area contributed by atoms with Crippen molar-refractivity contribution in [3.8, 4) is 0 Å². The van der Waals surface area contributed by atoms with Gasteiger partial charge < -0.3 is 5.32 Å². The zero-order valence-electron chi connectivity index (χ0n) is 11.3. The maximum Gasteiger partial charge on any atom is 0.0756 e. The molecule has 0 amide bonds. The van der Waals surface area contributed by atoms with Crippen LogP contribution in [0, 0.1) is 0 Å². The van der Waals surface area contributed by atoms with Crippen LogP contribution < -0.4 is 5.32 Å². The van der Waals surface area contributed by atoms with E-state index in [-0.39, 0.29) is 6.04 Å². The molecule has 0 aliphatic rings. The highest BCUT2D eigenvalue weighted by Gasteiger charge is 2.12. The molecule has 0 saturated heterocycles. The smallest absolute Gasteiger partial charge is 0.0756 e. The first kappa shape index (κ1) is 13.6. The fourth-order valence-electron chi connectivity index (χ4n) is 2.02. The zero-order valence-corrected chi connectivity index (χ0v) is 11.3. The zero-order chi connectivity index (χ0) is 13.3. The van der Waals surface area contributed by atoms with Gasteiger partial charge in [0, 0.05) is 31.0 Å². The number of pyridine rings is 1. The fraction of sp³-hybridized carbons (Fsp3) is 0.400. The van der Waals surface area contributed by atoms with Crippen molar-refractivity contribution in [3.05, 3.63) is 54.4 Å². The summed E-state index contributed by atoms with van der Waals surface area (Å²) in [6.07, 6.45) is 12.1. The van der Waals surface area contributed by atoms with Gasteiger partial charge in [0.15, 0.2) is 0 Å². The van der Waals surface area contributed by atoms with Crippen molar-refractivity contribution in [2.24, 2.45) is 0 Å². The molecule has 19 heavy (non-hydrogen) atoms. The van der Waals surface area contributed by atoms with E-state index >= 15 is 0 Å². The molecule has 0 fully saturated rings. The lowest BCUT2D eigenvalue weighted by atomic mass is 10.0. The maximum absolute atomic E-state index is 4.41. The van der Waals surface area contributed by atoms with Gasteiger partial charge in [-0.2, -0.15) is 0 Å². The third-order valence-electron chi connectivity index (χ3n) is 3.05.